The molecule has 0 fully saturated rings. The van der Waals surface area contributed by atoms with E-state index >= 15 is 0 Å². The van der Waals surface area contributed by atoms with Crippen molar-refractivity contribution in [2.75, 3.05) is 0 Å². The van der Waals surface area contributed by atoms with Gasteiger partial charge in [-0.25, -0.2) is 0 Å². The molecule has 30 heavy (non-hydrogen) atoms. The third kappa shape index (κ3) is 2.48. The SMILES string of the molecule is CC1(C)c2ccccc2Oc2ccc(-c3ccc4oc5cccc(Br)c5c4c3)cc21. The third-order valence-electron chi connectivity index (χ3n) is 6.21. The van der Waals surface area contributed by atoms with E-state index in [2.05, 4.69) is 84.4 Å². The number of fused-ring (bicyclic) bond motifs is 5. The first-order chi connectivity index (χ1) is 14.5. The lowest BCUT2D eigenvalue weighted by Gasteiger charge is -2.34. The highest BCUT2D eigenvalue weighted by molar-refractivity contribution is 9.10. The van der Waals surface area contributed by atoms with Gasteiger partial charge in [0.15, 0.2) is 0 Å². The monoisotopic (exact) mass is 454 g/mol. The van der Waals surface area contributed by atoms with Crippen molar-refractivity contribution in [1.29, 1.82) is 0 Å². The Morgan fingerprint density at radius 3 is 2.37 bits per heavy atom. The molecule has 0 spiro atoms. The van der Waals surface area contributed by atoms with Crippen LogP contribution in [0, 0.1) is 0 Å². The summed E-state index contributed by atoms with van der Waals surface area (Å²) in [7, 11) is 0. The molecule has 5 aromatic rings. The molecule has 0 saturated carbocycles. The Bertz CT molecular complexity index is 1460. The number of hydrogen-bond acceptors (Lipinski definition) is 2. The highest BCUT2D eigenvalue weighted by Crippen LogP contribution is 2.48. The number of para-hydroxylation sites is 1. The van der Waals surface area contributed by atoms with E-state index in [-0.39, 0.29) is 5.41 Å². The van der Waals surface area contributed by atoms with Gasteiger partial charge in [0, 0.05) is 31.8 Å². The van der Waals surface area contributed by atoms with Crippen molar-refractivity contribution in [2.45, 2.75) is 19.3 Å². The number of rotatable bonds is 1. The van der Waals surface area contributed by atoms with Crippen LogP contribution >= 0.6 is 15.9 Å². The summed E-state index contributed by atoms with van der Waals surface area (Å²) in [4.78, 5) is 0. The Hall–Kier alpha value is -3.04. The number of hydrogen-bond donors (Lipinski definition) is 0. The zero-order valence-electron chi connectivity index (χ0n) is 16.7. The summed E-state index contributed by atoms with van der Waals surface area (Å²) in [5.74, 6) is 1.87. The van der Waals surface area contributed by atoms with Gasteiger partial charge in [-0.1, -0.05) is 66.2 Å². The molecule has 0 radical (unpaired) electrons. The molecule has 2 heterocycles. The first kappa shape index (κ1) is 17.8. The minimum Gasteiger partial charge on any atom is -0.457 e. The van der Waals surface area contributed by atoms with Gasteiger partial charge < -0.3 is 9.15 Å². The van der Waals surface area contributed by atoms with Crippen LogP contribution in [0.4, 0.5) is 0 Å². The van der Waals surface area contributed by atoms with Crippen LogP contribution in [-0.2, 0) is 5.41 Å². The summed E-state index contributed by atoms with van der Waals surface area (Å²) in [6, 6.07) is 27.3. The second kappa shape index (κ2) is 6.23. The van der Waals surface area contributed by atoms with Crippen LogP contribution in [0.2, 0.25) is 0 Å². The molecular weight excluding hydrogens is 436 g/mol. The van der Waals surface area contributed by atoms with Crippen LogP contribution in [0.5, 0.6) is 11.5 Å². The Morgan fingerprint density at radius 1 is 0.700 bits per heavy atom. The summed E-state index contributed by atoms with van der Waals surface area (Å²) >= 11 is 3.68. The fraction of sp³-hybridized carbons (Fsp3) is 0.111. The van der Waals surface area contributed by atoms with Gasteiger partial charge >= 0.3 is 0 Å². The summed E-state index contributed by atoms with van der Waals surface area (Å²) < 4.78 is 13.3. The molecule has 3 heteroatoms. The van der Waals surface area contributed by atoms with Crippen molar-refractivity contribution in [2.24, 2.45) is 0 Å². The second-order valence-corrected chi connectivity index (χ2v) is 9.21. The molecule has 1 aliphatic heterocycles. The molecule has 0 atom stereocenters. The number of furan rings is 1. The molecule has 0 bridgehead atoms. The molecule has 4 aromatic carbocycles. The van der Waals surface area contributed by atoms with Gasteiger partial charge in [0.05, 0.1) is 0 Å². The van der Waals surface area contributed by atoms with Crippen LogP contribution < -0.4 is 4.74 Å². The Balaban J connectivity index is 1.53. The predicted molar refractivity (Wildman–Crippen MR) is 126 cm³/mol. The van der Waals surface area contributed by atoms with E-state index in [9.17, 15) is 0 Å². The smallest absolute Gasteiger partial charge is 0.136 e. The molecule has 1 aliphatic rings. The lowest BCUT2D eigenvalue weighted by atomic mass is 9.75. The van der Waals surface area contributed by atoms with E-state index in [1.165, 1.54) is 22.3 Å². The molecule has 146 valence electrons. The number of ether oxygens (including phenoxy) is 1. The Labute approximate surface area is 183 Å². The van der Waals surface area contributed by atoms with E-state index in [1.54, 1.807) is 0 Å². The standard InChI is InChI=1S/C27H19BrO2/c1-27(2)19-6-3-4-8-23(19)30-24-13-11-17(15-20(24)27)16-10-12-22-18(14-16)26-21(28)7-5-9-25(26)29-22/h3-15H,1-2H3. The van der Waals surface area contributed by atoms with E-state index in [0.29, 0.717) is 0 Å². The van der Waals surface area contributed by atoms with E-state index in [1.807, 2.05) is 24.3 Å². The highest BCUT2D eigenvalue weighted by Gasteiger charge is 2.34. The first-order valence-corrected chi connectivity index (χ1v) is 10.8. The molecule has 1 aromatic heterocycles. The largest absolute Gasteiger partial charge is 0.457 e. The van der Waals surface area contributed by atoms with Crippen LogP contribution in [-0.4, -0.2) is 0 Å². The van der Waals surface area contributed by atoms with Gasteiger partial charge in [0.1, 0.15) is 22.7 Å². The van der Waals surface area contributed by atoms with E-state index in [0.717, 1.165) is 37.9 Å². The Morgan fingerprint density at radius 2 is 1.47 bits per heavy atom. The van der Waals surface area contributed by atoms with E-state index < -0.39 is 0 Å². The number of halogens is 1. The van der Waals surface area contributed by atoms with Gasteiger partial charge in [0.25, 0.3) is 0 Å². The van der Waals surface area contributed by atoms with Crippen molar-refractivity contribution in [3.63, 3.8) is 0 Å². The van der Waals surface area contributed by atoms with Gasteiger partial charge in [-0.05, 0) is 53.6 Å². The fourth-order valence-corrected chi connectivity index (χ4v) is 5.15. The molecule has 0 amide bonds. The zero-order chi connectivity index (χ0) is 20.5. The normalized spacial score (nSPS) is 14.4. The lowest BCUT2D eigenvalue weighted by Crippen LogP contribution is -2.24. The average molecular weight is 455 g/mol. The summed E-state index contributed by atoms with van der Waals surface area (Å²) in [5, 5.41) is 2.23. The van der Waals surface area contributed by atoms with Crippen LogP contribution in [0.15, 0.2) is 87.8 Å². The van der Waals surface area contributed by atoms with Crippen molar-refractivity contribution < 1.29 is 9.15 Å². The maximum atomic E-state index is 6.21. The number of benzene rings is 4. The minimum atomic E-state index is -0.129. The third-order valence-corrected chi connectivity index (χ3v) is 6.87. The second-order valence-electron chi connectivity index (χ2n) is 8.36. The van der Waals surface area contributed by atoms with Gasteiger partial charge in [-0.2, -0.15) is 0 Å². The molecule has 0 unspecified atom stereocenters. The zero-order valence-corrected chi connectivity index (χ0v) is 18.3. The summed E-state index contributed by atoms with van der Waals surface area (Å²) in [5.41, 5.74) is 6.43. The molecular formula is C27H19BrO2. The van der Waals surface area contributed by atoms with Crippen LogP contribution in [0.3, 0.4) is 0 Å². The maximum absolute atomic E-state index is 6.21. The summed E-state index contributed by atoms with van der Waals surface area (Å²) in [6.07, 6.45) is 0. The average Bonchev–Trinajstić information content (AvgIpc) is 3.13. The van der Waals surface area contributed by atoms with Crippen molar-refractivity contribution >= 4 is 37.9 Å². The molecule has 6 rings (SSSR count). The van der Waals surface area contributed by atoms with Crippen molar-refractivity contribution in [3.05, 3.63) is 94.5 Å². The molecule has 0 N–H and O–H groups in total. The quantitative estimate of drug-likeness (QED) is 0.253. The molecule has 0 saturated heterocycles. The van der Waals surface area contributed by atoms with Crippen molar-refractivity contribution in [1.82, 2.24) is 0 Å². The fourth-order valence-electron chi connectivity index (χ4n) is 4.59. The minimum absolute atomic E-state index is 0.129. The first-order valence-electron chi connectivity index (χ1n) is 10.1. The van der Waals surface area contributed by atoms with Gasteiger partial charge in [0.2, 0.25) is 0 Å². The predicted octanol–water partition coefficient (Wildman–Crippen LogP) is 8.45. The Kier molecular flexibility index (Phi) is 3.69. The molecule has 2 nitrogen and oxygen atoms in total. The lowest BCUT2D eigenvalue weighted by molar-refractivity contribution is 0.418. The van der Waals surface area contributed by atoms with Gasteiger partial charge in [-0.15, -0.1) is 0 Å². The molecule has 0 aliphatic carbocycles. The van der Waals surface area contributed by atoms with Crippen LogP contribution in [0.1, 0.15) is 25.0 Å². The highest BCUT2D eigenvalue weighted by atomic mass is 79.9. The summed E-state index contributed by atoms with van der Waals surface area (Å²) in [6.45, 7) is 4.53. The topological polar surface area (TPSA) is 22.4 Å². The van der Waals surface area contributed by atoms with Crippen molar-refractivity contribution in [3.8, 4) is 22.6 Å². The van der Waals surface area contributed by atoms with E-state index in [4.69, 9.17) is 9.15 Å². The maximum Gasteiger partial charge on any atom is 0.136 e. The van der Waals surface area contributed by atoms with Crippen LogP contribution in [0.25, 0.3) is 33.1 Å². The van der Waals surface area contributed by atoms with Gasteiger partial charge in [-0.3, -0.25) is 0 Å².